The number of allylic oxidation sites excluding steroid dienone is 2. The van der Waals surface area contributed by atoms with Gasteiger partial charge < -0.3 is 9.88 Å². The van der Waals surface area contributed by atoms with Crippen LogP contribution in [-0.2, 0) is 13.6 Å². The highest BCUT2D eigenvalue weighted by molar-refractivity contribution is 6.29. The Labute approximate surface area is 132 Å². The number of aromatic amines is 1. The van der Waals surface area contributed by atoms with E-state index in [1.54, 1.807) is 24.6 Å². The molecule has 7 nitrogen and oxygen atoms in total. The van der Waals surface area contributed by atoms with Gasteiger partial charge in [0.05, 0.1) is 0 Å². The van der Waals surface area contributed by atoms with Crippen molar-refractivity contribution in [3.8, 4) is 0 Å². The SMILES string of the molecule is CCCCNc1nc2c(c(=O)[nH]c(=O)n2C)n1CC=C(C)Cl. The van der Waals surface area contributed by atoms with Crippen LogP contribution in [-0.4, -0.2) is 25.6 Å². The molecular weight excluding hydrogens is 306 g/mol. The van der Waals surface area contributed by atoms with Crippen LogP contribution in [0.15, 0.2) is 20.7 Å². The van der Waals surface area contributed by atoms with Crippen molar-refractivity contribution >= 4 is 28.7 Å². The summed E-state index contributed by atoms with van der Waals surface area (Å²) >= 11 is 5.89. The Bertz CT molecular complexity index is 811. The van der Waals surface area contributed by atoms with E-state index >= 15 is 0 Å². The molecule has 0 spiro atoms. The van der Waals surface area contributed by atoms with Gasteiger partial charge in [0.1, 0.15) is 0 Å². The number of aromatic nitrogens is 4. The van der Waals surface area contributed by atoms with Gasteiger partial charge in [0, 0.05) is 25.2 Å². The zero-order valence-corrected chi connectivity index (χ0v) is 13.7. The van der Waals surface area contributed by atoms with Gasteiger partial charge in [-0.05, 0) is 13.3 Å². The molecule has 2 rings (SSSR count). The second kappa shape index (κ2) is 6.83. The standard InChI is InChI=1S/C14H20ClN5O2/c1-4-5-7-16-13-17-11-10(20(13)8-6-9(2)15)12(21)18-14(22)19(11)3/h6H,4-5,7-8H2,1-3H3,(H,16,17)(H,18,21,22). The molecule has 0 unspecified atom stereocenters. The molecule has 0 bridgehead atoms. The highest BCUT2D eigenvalue weighted by Crippen LogP contribution is 2.16. The van der Waals surface area contributed by atoms with Gasteiger partial charge in [0.15, 0.2) is 11.2 Å². The summed E-state index contributed by atoms with van der Waals surface area (Å²) in [5, 5.41) is 3.84. The number of hydrogen-bond acceptors (Lipinski definition) is 4. The molecule has 120 valence electrons. The molecule has 2 heterocycles. The lowest BCUT2D eigenvalue weighted by Gasteiger charge is -2.08. The molecule has 0 saturated carbocycles. The van der Waals surface area contributed by atoms with Crippen molar-refractivity contribution in [3.63, 3.8) is 0 Å². The topological polar surface area (TPSA) is 84.7 Å². The smallest absolute Gasteiger partial charge is 0.329 e. The third-order valence-electron chi connectivity index (χ3n) is 3.38. The minimum atomic E-state index is -0.480. The summed E-state index contributed by atoms with van der Waals surface area (Å²) < 4.78 is 3.06. The fourth-order valence-corrected chi connectivity index (χ4v) is 2.21. The summed E-state index contributed by atoms with van der Waals surface area (Å²) in [6.07, 6.45) is 3.83. The first-order valence-corrected chi connectivity index (χ1v) is 7.59. The molecule has 0 atom stereocenters. The summed E-state index contributed by atoms with van der Waals surface area (Å²) in [5.41, 5.74) is -0.218. The zero-order valence-electron chi connectivity index (χ0n) is 12.9. The van der Waals surface area contributed by atoms with E-state index in [9.17, 15) is 9.59 Å². The molecule has 0 aromatic carbocycles. The number of fused-ring (bicyclic) bond motifs is 1. The first kappa shape index (κ1) is 16.4. The van der Waals surface area contributed by atoms with Crippen molar-refractivity contribution < 1.29 is 0 Å². The molecule has 0 radical (unpaired) electrons. The maximum atomic E-state index is 12.1. The second-order valence-electron chi connectivity index (χ2n) is 5.11. The largest absolute Gasteiger partial charge is 0.356 e. The number of imidazole rings is 1. The fourth-order valence-electron chi connectivity index (χ4n) is 2.14. The highest BCUT2D eigenvalue weighted by atomic mass is 35.5. The average Bonchev–Trinajstić information content (AvgIpc) is 2.82. The number of unbranched alkanes of at least 4 members (excludes halogenated alkanes) is 1. The third-order valence-corrected chi connectivity index (χ3v) is 3.53. The maximum Gasteiger partial charge on any atom is 0.329 e. The van der Waals surface area contributed by atoms with Crippen LogP contribution in [0.2, 0.25) is 0 Å². The lowest BCUT2D eigenvalue weighted by Crippen LogP contribution is -2.29. The molecule has 0 aliphatic carbocycles. The average molecular weight is 326 g/mol. The number of nitrogens with zero attached hydrogens (tertiary/aromatic N) is 3. The normalized spacial score (nSPS) is 12.1. The number of hydrogen-bond donors (Lipinski definition) is 2. The summed E-state index contributed by atoms with van der Waals surface area (Å²) in [7, 11) is 1.58. The van der Waals surface area contributed by atoms with Gasteiger partial charge in [-0.3, -0.25) is 14.3 Å². The number of aryl methyl sites for hydroxylation is 1. The number of anilines is 1. The van der Waals surface area contributed by atoms with E-state index in [0.29, 0.717) is 28.7 Å². The quantitative estimate of drug-likeness (QED) is 0.793. The summed E-state index contributed by atoms with van der Waals surface area (Å²) in [4.78, 5) is 30.6. The van der Waals surface area contributed by atoms with Gasteiger partial charge in [-0.1, -0.05) is 31.0 Å². The Morgan fingerprint density at radius 1 is 1.45 bits per heavy atom. The van der Waals surface area contributed by atoms with Crippen LogP contribution in [0, 0.1) is 0 Å². The Balaban J connectivity index is 2.61. The molecule has 0 aliphatic heterocycles. The summed E-state index contributed by atoms with van der Waals surface area (Å²) in [6, 6.07) is 0. The van der Waals surface area contributed by atoms with Crippen LogP contribution in [0.1, 0.15) is 26.7 Å². The van der Waals surface area contributed by atoms with E-state index in [-0.39, 0.29) is 0 Å². The first-order chi connectivity index (χ1) is 10.5. The molecule has 0 fully saturated rings. The molecule has 0 aliphatic rings. The van der Waals surface area contributed by atoms with E-state index in [4.69, 9.17) is 11.6 Å². The Morgan fingerprint density at radius 2 is 2.18 bits per heavy atom. The minimum absolute atomic E-state index is 0.355. The molecule has 22 heavy (non-hydrogen) atoms. The molecule has 8 heteroatoms. The monoisotopic (exact) mass is 325 g/mol. The van der Waals surface area contributed by atoms with E-state index in [1.807, 2.05) is 0 Å². The summed E-state index contributed by atoms with van der Waals surface area (Å²) in [5.74, 6) is 0.560. The van der Waals surface area contributed by atoms with E-state index in [1.165, 1.54) is 4.57 Å². The minimum Gasteiger partial charge on any atom is -0.356 e. The van der Waals surface area contributed by atoms with Crippen molar-refractivity contribution in [2.24, 2.45) is 7.05 Å². The van der Waals surface area contributed by atoms with Crippen LogP contribution in [0.3, 0.4) is 0 Å². The number of nitrogens with one attached hydrogen (secondary N) is 2. The van der Waals surface area contributed by atoms with Crippen molar-refractivity contribution in [1.29, 1.82) is 0 Å². The van der Waals surface area contributed by atoms with Gasteiger partial charge in [0.25, 0.3) is 5.56 Å². The van der Waals surface area contributed by atoms with E-state index in [0.717, 1.165) is 19.4 Å². The third kappa shape index (κ3) is 3.24. The number of halogens is 1. The number of H-pyrrole nitrogens is 1. The van der Waals surface area contributed by atoms with Gasteiger partial charge in [-0.25, -0.2) is 4.79 Å². The van der Waals surface area contributed by atoms with Crippen molar-refractivity contribution in [3.05, 3.63) is 31.9 Å². The molecular formula is C14H20ClN5O2. The maximum absolute atomic E-state index is 12.1. The zero-order chi connectivity index (χ0) is 16.3. The van der Waals surface area contributed by atoms with Crippen LogP contribution in [0.5, 0.6) is 0 Å². The Morgan fingerprint density at radius 3 is 2.82 bits per heavy atom. The Hall–Kier alpha value is -2.02. The first-order valence-electron chi connectivity index (χ1n) is 7.21. The van der Waals surface area contributed by atoms with Crippen molar-refractivity contribution in [2.45, 2.75) is 33.2 Å². The van der Waals surface area contributed by atoms with Crippen LogP contribution in [0.25, 0.3) is 11.2 Å². The predicted molar refractivity (Wildman–Crippen MR) is 88.6 cm³/mol. The predicted octanol–water partition coefficient (Wildman–Crippen LogP) is 1.78. The molecule has 0 saturated heterocycles. The molecule has 2 aromatic heterocycles. The van der Waals surface area contributed by atoms with Gasteiger partial charge in [0.2, 0.25) is 5.95 Å². The fraction of sp³-hybridized carbons (Fsp3) is 0.500. The van der Waals surface area contributed by atoms with Crippen molar-refractivity contribution in [1.82, 2.24) is 19.1 Å². The van der Waals surface area contributed by atoms with E-state index in [2.05, 4.69) is 22.2 Å². The van der Waals surface area contributed by atoms with Crippen LogP contribution in [0.4, 0.5) is 5.95 Å². The molecule has 2 aromatic rings. The lowest BCUT2D eigenvalue weighted by molar-refractivity contribution is 0.795. The van der Waals surface area contributed by atoms with Gasteiger partial charge >= 0.3 is 5.69 Å². The van der Waals surface area contributed by atoms with E-state index < -0.39 is 11.2 Å². The molecule has 2 N–H and O–H groups in total. The number of rotatable bonds is 6. The van der Waals surface area contributed by atoms with Crippen molar-refractivity contribution in [2.75, 3.05) is 11.9 Å². The van der Waals surface area contributed by atoms with Gasteiger partial charge in [-0.2, -0.15) is 4.98 Å². The van der Waals surface area contributed by atoms with Crippen LogP contribution >= 0.6 is 11.6 Å². The van der Waals surface area contributed by atoms with Gasteiger partial charge in [-0.15, -0.1) is 0 Å². The second-order valence-corrected chi connectivity index (χ2v) is 5.70. The molecule has 0 amide bonds. The highest BCUT2D eigenvalue weighted by Gasteiger charge is 2.16. The lowest BCUT2D eigenvalue weighted by atomic mass is 10.3. The Kier molecular flexibility index (Phi) is 5.07. The summed E-state index contributed by atoms with van der Waals surface area (Å²) in [6.45, 7) is 5.01. The van der Waals surface area contributed by atoms with Crippen LogP contribution < -0.4 is 16.6 Å².